The molecule has 2 saturated heterocycles. The smallest absolute Gasteiger partial charge is 0.243 e. The molecule has 1 atom stereocenters. The van der Waals surface area contributed by atoms with E-state index in [0.29, 0.717) is 42.7 Å². The zero-order valence-electron chi connectivity index (χ0n) is 21.1. The Morgan fingerprint density at radius 3 is 2.44 bits per heavy atom. The highest BCUT2D eigenvalue weighted by molar-refractivity contribution is 7.89. The number of aromatic nitrogens is 2. The second-order valence-corrected chi connectivity index (χ2v) is 11.8. The van der Waals surface area contributed by atoms with E-state index in [0.717, 1.165) is 48.6 Å². The summed E-state index contributed by atoms with van der Waals surface area (Å²) in [7, 11) is -1.93. The summed E-state index contributed by atoms with van der Waals surface area (Å²) in [5.74, 6) is 3.22. The van der Waals surface area contributed by atoms with Crippen LogP contribution in [0.25, 0.3) is 10.9 Å². The van der Waals surface area contributed by atoms with Gasteiger partial charge >= 0.3 is 0 Å². The van der Waals surface area contributed by atoms with Crippen LogP contribution in [0.5, 0.6) is 5.75 Å². The Morgan fingerprint density at radius 2 is 1.72 bits per heavy atom. The lowest BCUT2D eigenvalue weighted by Gasteiger charge is -2.34. The first-order valence-electron chi connectivity index (χ1n) is 12.8. The molecule has 1 aromatic heterocycles. The van der Waals surface area contributed by atoms with Gasteiger partial charge in [-0.2, -0.15) is 4.31 Å². The number of benzene rings is 2. The van der Waals surface area contributed by atoms with Crippen molar-refractivity contribution in [2.45, 2.75) is 31.1 Å². The van der Waals surface area contributed by atoms with Crippen LogP contribution in [0.3, 0.4) is 0 Å². The van der Waals surface area contributed by atoms with Gasteiger partial charge in [0.1, 0.15) is 17.4 Å². The number of piperazine rings is 1. The standard InChI is InChI=1S/C27H35N5O3S/c1-21-6-5-14-31(20-21)27-24-7-3-4-8-25(24)28-26(29-27)13-15-30-16-18-32(19-17-30)36(33,34)23-11-9-22(35-2)10-12-23/h3-4,7-12,21H,5-6,13-20H2,1-2H3. The second-order valence-electron chi connectivity index (χ2n) is 9.85. The second kappa shape index (κ2) is 10.7. The summed E-state index contributed by atoms with van der Waals surface area (Å²) in [5.41, 5.74) is 0.992. The Labute approximate surface area is 213 Å². The van der Waals surface area contributed by atoms with Crippen molar-refractivity contribution in [3.63, 3.8) is 0 Å². The van der Waals surface area contributed by atoms with Crippen LogP contribution in [-0.4, -0.2) is 80.5 Å². The van der Waals surface area contributed by atoms with E-state index < -0.39 is 10.0 Å². The normalized spacial score (nSPS) is 20.1. The lowest BCUT2D eigenvalue weighted by molar-refractivity contribution is 0.189. The maximum atomic E-state index is 13.1. The third kappa shape index (κ3) is 5.33. The van der Waals surface area contributed by atoms with Crippen LogP contribution < -0.4 is 9.64 Å². The molecule has 2 aromatic carbocycles. The highest BCUT2D eigenvalue weighted by atomic mass is 32.2. The minimum atomic E-state index is -3.50. The average Bonchev–Trinajstić information content (AvgIpc) is 2.91. The van der Waals surface area contributed by atoms with Gasteiger partial charge in [-0.25, -0.2) is 18.4 Å². The maximum absolute atomic E-state index is 13.1. The van der Waals surface area contributed by atoms with Gasteiger partial charge in [-0.3, -0.25) is 0 Å². The van der Waals surface area contributed by atoms with Crippen LogP contribution in [0.4, 0.5) is 5.82 Å². The quantitative estimate of drug-likeness (QED) is 0.483. The molecule has 3 heterocycles. The highest BCUT2D eigenvalue weighted by Crippen LogP contribution is 2.28. The molecule has 3 aromatic rings. The molecule has 2 fully saturated rings. The number of sulfonamides is 1. The molecule has 0 saturated carbocycles. The van der Waals surface area contributed by atoms with Gasteiger partial charge in [-0.15, -0.1) is 0 Å². The third-order valence-electron chi connectivity index (χ3n) is 7.27. The van der Waals surface area contributed by atoms with Gasteiger partial charge < -0.3 is 14.5 Å². The molecule has 0 N–H and O–H groups in total. The van der Waals surface area contributed by atoms with Gasteiger partial charge in [0, 0.05) is 57.6 Å². The maximum Gasteiger partial charge on any atom is 0.243 e. The molecule has 0 spiro atoms. The van der Waals surface area contributed by atoms with Crippen LogP contribution in [0, 0.1) is 5.92 Å². The summed E-state index contributed by atoms with van der Waals surface area (Å²) in [4.78, 5) is 14.9. The van der Waals surface area contributed by atoms with Gasteiger partial charge in [0.05, 0.1) is 17.5 Å². The van der Waals surface area contributed by atoms with Gasteiger partial charge in [-0.1, -0.05) is 19.1 Å². The fourth-order valence-electron chi connectivity index (χ4n) is 5.19. The minimum absolute atomic E-state index is 0.306. The van der Waals surface area contributed by atoms with Crippen molar-refractivity contribution in [2.24, 2.45) is 5.92 Å². The number of piperidine rings is 1. The predicted octanol–water partition coefficient (Wildman–Crippen LogP) is 3.42. The molecule has 0 amide bonds. The number of nitrogens with zero attached hydrogens (tertiary/aromatic N) is 5. The number of fused-ring (bicyclic) bond motifs is 1. The van der Waals surface area contributed by atoms with E-state index in [-0.39, 0.29) is 0 Å². The van der Waals surface area contributed by atoms with E-state index in [1.54, 1.807) is 35.7 Å². The average molecular weight is 510 g/mol. The molecule has 0 bridgehead atoms. The van der Waals surface area contributed by atoms with Crippen LogP contribution >= 0.6 is 0 Å². The summed E-state index contributed by atoms with van der Waals surface area (Å²) in [6, 6.07) is 14.9. The van der Waals surface area contributed by atoms with E-state index in [9.17, 15) is 8.42 Å². The zero-order chi connectivity index (χ0) is 25.1. The Kier molecular flexibility index (Phi) is 7.41. The van der Waals surface area contributed by atoms with E-state index in [4.69, 9.17) is 14.7 Å². The molecule has 8 nitrogen and oxygen atoms in total. The molecule has 0 radical (unpaired) electrons. The Balaban J connectivity index is 1.23. The molecule has 2 aliphatic rings. The number of para-hydroxylation sites is 1. The molecule has 9 heteroatoms. The number of methoxy groups -OCH3 is 1. The number of anilines is 1. The number of ether oxygens (including phenoxy) is 1. The van der Waals surface area contributed by atoms with Crippen molar-refractivity contribution in [1.82, 2.24) is 19.2 Å². The zero-order valence-corrected chi connectivity index (χ0v) is 22.0. The van der Waals surface area contributed by atoms with Crippen molar-refractivity contribution in [2.75, 3.05) is 57.8 Å². The largest absolute Gasteiger partial charge is 0.497 e. The summed E-state index contributed by atoms with van der Waals surface area (Å²) in [6.45, 7) is 7.53. The van der Waals surface area contributed by atoms with Crippen molar-refractivity contribution in [3.8, 4) is 5.75 Å². The molecule has 192 valence electrons. The van der Waals surface area contributed by atoms with Crippen molar-refractivity contribution >= 4 is 26.7 Å². The topological polar surface area (TPSA) is 78.9 Å². The molecular formula is C27H35N5O3S. The van der Waals surface area contributed by atoms with Gasteiger partial charge in [-0.05, 0) is 55.2 Å². The van der Waals surface area contributed by atoms with Crippen LogP contribution in [-0.2, 0) is 16.4 Å². The molecular weight excluding hydrogens is 474 g/mol. The SMILES string of the molecule is COc1ccc(S(=O)(=O)N2CCN(CCc3nc(N4CCCC(C)C4)c4ccccc4n3)CC2)cc1. The van der Waals surface area contributed by atoms with Gasteiger partial charge in [0.15, 0.2) is 0 Å². The number of hydrogen-bond donors (Lipinski definition) is 0. The lowest BCUT2D eigenvalue weighted by atomic mass is 10.00. The first-order chi connectivity index (χ1) is 17.4. The van der Waals surface area contributed by atoms with E-state index in [1.165, 1.54) is 12.8 Å². The van der Waals surface area contributed by atoms with Crippen molar-refractivity contribution < 1.29 is 13.2 Å². The molecule has 0 aliphatic carbocycles. The number of hydrogen-bond acceptors (Lipinski definition) is 7. The Bertz CT molecular complexity index is 1290. The summed E-state index contributed by atoms with van der Waals surface area (Å²) in [6.07, 6.45) is 3.21. The van der Waals surface area contributed by atoms with Gasteiger partial charge in [0.25, 0.3) is 0 Å². The van der Waals surface area contributed by atoms with Gasteiger partial charge in [0.2, 0.25) is 10.0 Å². The molecule has 36 heavy (non-hydrogen) atoms. The fourth-order valence-corrected chi connectivity index (χ4v) is 6.61. The monoisotopic (exact) mass is 509 g/mol. The molecule has 2 aliphatic heterocycles. The van der Waals surface area contributed by atoms with Crippen LogP contribution in [0.2, 0.25) is 0 Å². The molecule has 5 rings (SSSR count). The minimum Gasteiger partial charge on any atom is -0.497 e. The van der Waals surface area contributed by atoms with Crippen molar-refractivity contribution in [1.29, 1.82) is 0 Å². The van der Waals surface area contributed by atoms with E-state index in [1.807, 2.05) is 6.07 Å². The molecule has 1 unspecified atom stereocenters. The van der Waals surface area contributed by atoms with E-state index in [2.05, 4.69) is 34.9 Å². The van der Waals surface area contributed by atoms with Crippen molar-refractivity contribution in [3.05, 3.63) is 54.4 Å². The number of rotatable bonds is 7. The third-order valence-corrected chi connectivity index (χ3v) is 9.18. The predicted molar refractivity (Wildman–Crippen MR) is 142 cm³/mol. The van der Waals surface area contributed by atoms with Crippen LogP contribution in [0.1, 0.15) is 25.6 Å². The Morgan fingerprint density at radius 1 is 0.972 bits per heavy atom. The van der Waals surface area contributed by atoms with E-state index >= 15 is 0 Å². The first-order valence-corrected chi connectivity index (χ1v) is 14.3. The summed E-state index contributed by atoms with van der Waals surface area (Å²) in [5, 5.41) is 1.12. The summed E-state index contributed by atoms with van der Waals surface area (Å²) < 4.78 is 32.8. The van der Waals surface area contributed by atoms with Crippen LogP contribution in [0.15, 0.2) is 53.4 Å². The fraction of sp³-hybridized carbons (Fsp3) is 0.481. The first kappa shape index (κ1) is 24.9. The Hall–Kier alpha value is -2.75. The summed E-state index contributed by atoms with van der Waals surface area (Å²) >= 11 is 0. The lowest BCUT2D eigenvalue weighted by Crippen LogP contribution is -2.49. The highest BCUT2D eigenvalue weighted by Gasteiger charge is 2.28.